The summed E-state index contributed by atoms with van der Waals surface area (Å²) in [7, 11) is 0. The largest absolute Gasteiger partial charge is 0.452 e. The van der Waals surface area contributed by atoms with Crippen LogP contribution in [0.1, 0.15) is 15.9 Å². The molecule has 0 aromatic heterocycles. The zero-order valence-corrected chi connectivity index (χ0v) is 18.1. The lowest BCUT2D eigenvalue weighted by atomic mass is 10.1. The van der Waals surface area contributed by atoms with Gasteiger partial charge in [0.05, 0.1) is 12.1 Å². The van der Waals surface area contributed by atoms with Gasteiger partial charge in [-0.1, -0.05) is 53.5 Å². The number of nitrogens with zero attached hydrogens (tertiary/aromatic N) is 1. The molecule has 3 rings (SSSR count). The molecular weight excluding hydrogens is 450 g/mol. The number of nitrogens with one attached hydrogen (secondary N) is 1. The van der Waals surface area contributed by atoms with Crippen LogP contribution in [0.5, 0.6) is 0 Å². The van der Waals surface area contributed by atoms with Gasteiger partial charge >= 0.3 is 5.97 Å². The minimum absolute atomic E-state index is 0.394. The van der Waals surface area contributed by atoms with Crippen molar-refractivity contribution in [3.63, 3.8) is 0 Å². The predicted molar refractivity (Wildman–Crippen MR) is 120 cm³/mol. The molecule has 5 nitrogen and oxygen atoms in total. The third kappa shape index (κ3) is 7.03. The Morgan fingerprint density at radius 1 is 1.17 bits per heavy atom. The number of benzene rings is 2. The van der Waals surface area contributed by atoms with Crippen LogP contribution >= 0.6 is 35.3 Å². The number of thioether (sulfide) groups is 3. The standard InChI is InChI=1S/C20H18F2N2O3S3/c21-19(22)30-15-7-5-14(6-8-15)24-17(25)11-27-18(26)16-4-2-1-3-13(16)12-29-20-23-9-10-28-20/h1-8,19H,9-12H2,(H,24,25). The number of carbonyl (C=O) groups is 2. The Kier molecular flexibility index (Phi) is 8.59. The second-order valence-corrected chi connectivity index (χ2v) is 9.34. The highest BCUT2D eigenvalue weighted by Gasteiger charge is 2.16. The zero-order chi connectivity index (χ0) is 21.3. The van der Waals surface area contributed by atoms with Crippen LogP contribution in [0.2, 0.25) is 0 Å². The van der Waals surface area contributed by atoms with Crippen LogP contribution in [0.3, 0.4) is 0 Å². The number of amides is 1. The third-order valence-corrected chi connectivity index (χ3v) is 6.87. The fourth-order valence-electron chi connectivity index (χ4n) is 2.51. The van der Waals surface area contributed by atoms with Crippen LogP contribution in [-0.4, -0.2) is 40.9 Å². The molecule has 0 unspecified atom stereocenters. The molecule has 1 aliphatic heterocycles. The van der Waals surface area contributed by atoms with Crippen LogP contribution in [0.25, 0.3) is 0 Å². The van der Waals surface area contributed by atoms with E-state index < -0.39 is 24.2 Å². The van der Waals surface area contributed by atoms with Crippen molar-refractivity contribution in [1.82, 2.24) is 0 Å². The Morgan fingerprint density at radius 2 is 1.93 bits per heavy atom. The van der Waals surface area contributed by atoms with E-state index in [9.17, 15) is 18.4 Å². The molecule has 0 bridgehead atoms. The fourth-order valence-corrected chi connectivity index (χ4v) is 5.03. The lowest BCUT2D eigenvalue weighted by molar-refractivity contribution is -0.119. The molecule has 1 heterocycles. The summed E-state index contributed by atoms with van der Waals surface area (Å²) in [5, 5.41) is 2.57. The summed E-state index contributed by atoms with van der Waals surface area (Å²) in [6.45, 7) is 0.371. The minimum atomic E-state index is -2.50. The topological polar surface area (TPSA) is 67.8 Å². The molecule has 1 amide bonds. The Labute approximate surface area is 185 Å². The average Bonchev–Trinajstić information content (AvgIpc) is 3.25. The summed E-state index contributed by atoms with van der Waals surface area (Å²) in [5.41, 5.74) is 1.66. The number of carbonyl (C=O) groups excluding carboxylic acids is 2. The van der Waals surface area contributed by atoms with Crippen LogP contribution < -0.4 is 5.32 Å². The van der Waals surface area contributed by atoms with E-state index >= 15 is 0 Å². The summed E-state index contributed by atoms with van der Waals surface area (Å²) >= 11 is 3.70. The van der Waals surface area contributed by atoms with Gasteiger partial charge in [-0.25, -0.2) is 4.79 Å². The van der Waals surface area contributed by atoms with E-state index in [1.807, 2.05) is 12.1 Å². The van der Waals surface area contributed by atoms with E-state index in [2.05, 4.69) is 10.3 Å². The molecule has 1 N–H and O–H groups in total. The van der Waals surface area contributed by atoms with E-state index in [4.69, 9.17) is 4.74 Å². The molecule has 0 saturated heterocycles. The first-order valence-electron chi connectivity index (χ1n) is 8.91. The summed E-state index contributed by atoms with van der Waals surface area (Å²) in [5.74, 6) is -2.02. The van der Waals surface area contributed by atoms with Gasteiger partial charge in [-0.3, -0.25) is 9.79 Å². The number of halogens is 2. The van der Waals surface area contributed by atoms with E-state index in [0.717, 1.165) is 22.2 Å². The normalized spacial score (nSPS) is 13.2. The Balaban J connectivity index is 1.50. The van der Waals surface area contributed by atoms with E-state index in [1.54, 1.807) is 35.7 Å². The molecule has 0 atom stereocenters. The lowest BCUT2D eigenvalue weighted by Crippen LogP contribution is -2.21. The highest BCUT2D eigenvalue weighted by atomic mass is 32.2. The first-order valence-corrected chi connectivity index (χ1v) is 11.8. The van der Waals surface area contributed by atoms with Crippen molar-refractivity contribution in [2.45, 2.75) is 16.4 Å². The summed E-state index contributed by atoms with van der Waals surface area (Å²) in [6, 6.07) is 13.1. The Hall–Kier alpha value is -2.04. The van der Waals surface area contributed by atoms with Crippen molar-refractivity contribution >= 4 is 57.2 Å². The summed E-state index contributed by atoms with van der Waals surface area (Å²) < 4.78 is 30.8. The molecular formula is C20H18F2N2O3S3. The SMILES string of the molecule is O=C(COC(=O)c1ccccc1CSC1=NCCS1)Nc1ccc(SC(F)F)cc1. The Morgan fingerprint density at radius 3 is 2.63 bits per heavy atom. The zero-order valence-electron chi connectivity index (χ0n) is 15.7. The quantitative estimate of drug-likeness (QED) is 0.428. The highest BCUT2D eigenvalue weighted by Crippen LogP contribution is 2.27. The molecule has 0 radical (unpaired) electrons. The van der Waals surface area contributed by atoms with Crippen LogP contribution in [-0.2, 0) is 15.3 Å². The van der Waals surface area contributed by atoms with E-state index in [0.29, 0.717) is 33.7 Å². The van der Waals surface area contributed by atoms with Crippen molar-refractivity contribution in [3.8, 4) is 0 Å². The maximum atomic E-state index is 12.4. The maximum Gasteiger partial charge on any atom is 0.338 e. The monoisotopic (exact) mass is 468 g/mol. The van der Waals surface area contributed by atoms with Gasteiger partial charge in [-0.05, 0) is 35.9 Å². The number of anilines is 1. The molecule has 0 spiro atoms. The van der Waals surface area contributed by atoms with E-state index in [1.165, 1.54) is 24.3 Å². The fraction of sp³-hybridized carbons (Fsp3) is 0.250. The number of rotatable bonds is 8. The van der Waals surface area contributed by atoms with Crippen molar-refractivity contribution in [1.29, 1.82) is 0 Å². The van der Waals surface area contributed by atoms with Gasteiger partial charge in [0.25, 0.3) is 11.7 Å². The smallest absolute Gasteiger partial charge is 0.338 e. The Bertz CT molecular complexity index is 924. The number of aliphatic imine (C=N–C) groups is 1. The summed E-state index contributed by atoms with van der Waals surface area (Å²) in [6.07, 6.45) is 0. The third-order valence-electron chi connectivity index (χ3n) is 3.84. The molecule has 30 heavy (non-hydrogen) atoms. The average molecular weight is 469 g/mol. The van der Waals surface area contributed by atoms with Crippen LogP contribution in [0.15, 0.2) is 58.4 Å². The molecule has 0 saturated carbocycles. The second kappa shape index (κ2) is 11.4. The molecule has 2 aromatic rings. The van der Waals surface area contributed by atoms with Gasteiger partial charge in [0.2, 0.25) is 0 Å². The molecule has 10 heteroatoms. The van der Waals surface area contributed by atoms with Crippen molar-refractivity contribution in [2.75, 3.05) is 24.2 Å². The van der Waals surface area contributed by atoms with Gasteiger partial charge in [0, 0.05) is 22.1 Å². The second-order valence-electron chi connectivity index (χ2n) is 5.97. The summed E-state index contributed by atoms with van der Waals surface area (Å²) in [4.78, 5) is 29.3. The predicted octanol–water partition coefficient (Wildman–Crippen LogP) is 5.13. The van der Waals surface area contributed by atoms with Gasteiger partial charge in [0.15, 0.2) is 6.61 Å². The molecule has 0 aliphatic carbocycles. The van der Waals surface area contributed by atoms with Crippen molar-refractivity contribution in [2.24, 2.45) is 4.99 Å². The molecule has 1 aliphatic rings. The van der Waals surface area contributed by atoms with Crippen LogP contribution in [0, 0.1) is 0 Å². The number of ether oxygens (including phenoxy) is 1. The number of esters is 1. The first kappa shape index (κ1) is 22.6. The van der Waals surface area contributed by atoms with Crippen LogP contribution in [0.4, 0.5) is 14.5 Å². The minimum Gasteiger partial charge on any atom is -0.452 e. The van der Waals surface area contributed by atoms with Gasteiger partial charge in [-0.15, -0.1) is 0 Å². The van der Waals surface area contributed by atoms with Crippen molar-refractivity contribution in [3.05, 3.63) is 59.7 Å². The number of hydrogen-bond donors (Lipinski definition) is 1. The highest BCUT2D eigenvalue weighted by molar-refractivity contribution is 8.38. The van der Waals surface area contributed by atoms with Crippen molar-refractivity contribution < 1.29 is 23.1 Å². The van der Waals surface area contributed by atoms with Gasteiger partial charge in [0.1, 0.15) is 4.38 Å². The van der Waals surface area contributed by atoms with E-state index in [-0.39, 0.29) is 0 Å². The molecule has 0 fully saturated rings. The first-order chi connectivity index (χ1) is 14.5. The molecule has 2 aromatic carbocycles. The molecule has 158 valence electrons. The lowest BCUT2D eigenvalue weighted by Gasteiger charge is -2.10. The van der Waals surface area contributed by atoms with Gasteiger partial charge < -0.3 is 10.1 Å². The van der Waals surface area contributed by atoms with Gasteiger partial charge in [-0.2, -0.15) is 8.78 Å². The number of alkyl halides is 2. The maximum absolute atomic E-state index is 12.4. The number of hydrogen-bond acceptors (Lipinski definition) is 7.